The van der Waals surface area contributed by atoms with E-state index in [2.05, 4.69) is 20.5 Å². The zero-order chi connectivity index (χ0) is 20.8. The maximum Gasteiger partial charge on any atom is 0.323 e. The monoisotopic (exact) mass is 434 g/mol. The molecule has 0 aliphatic carbocycles. The zero-order valence-electron chi connectivity index (χ0n) is 15.9. The first-order chi connectivity index (χ1) is 14.0. The molecule has 0 unspecified atom stereocenters. The number of nitrogens with zero attached hydrogens (tertiary/aromatic N) is 2. The van der Waals surface area contributed by atoms with Crippen molar-refractivity contribution in [1.29, 1.82) is 0 Å². The molecule has 1 aromatic heterocycles. The number of amides is 2. The van der Waals surface area contributed by atoms with E-state index >= 15 is 0 Å². The fourth-order valence-electron chi connectivity index (χ4n) is 3.05. The van der Waals surface area contributed by atoms with Crippen molar-refractivity contribution in [3.8, 4) is 0 Å². The smallest absolute Gasteiger partial charge is 0.323 e. The van der Waals surface area contributed by atoms with Crippen molar-refractivity contribution in [2.24, 2.45) is 0 Å². The highest BCUT2D eigenvalue weighted by molar-refractivity contribution is 6.18. The molecule has 2 amide bonds. The lowest BCUT2D eigenvalue weighted by Gasteiger charge is -2.23. The summed E-state index contributed by atoms with van der Waals surface area (Å²) < 4.78 is 13.6. The van der Waals surface area contributed by atoms with Crippen LogP contribution in [0.15, 0.2) is 48.5 Å². The van der Waals surface area contributed by atoms with Gasteiger partial charge in [0.15, 0.2) is 0 Å². The molecule has 3 rings (SSSR count). The molecule has 2 aromatic carbocycles. The van der Waals surface area contributed by atoms with E-state index in [0.717, 1.165) is 11.4 Å². The normalized spacial score (nSPS) is 10.8. The van der Waals surface area contributed by atoms with Crippen LogP contribution in [0, 0.1) is 12.7 Å². The van der Waals surface area contributed by atoms with Gasteiger partial charge < -0.3 is 15.5 Å². The van der Waals surface area contributed by atoms with Gasteiger partial charge in [-0.25, -0.2) is 9.18 Å². The third-order valence-corrected chi connectivity index (χ3v) is 4.68. The van der Waals surface area contributed by atoms with Gasteiger partial charge in [-0.1, -0.05) is 0 Å². The first kappa shape index (κ1) is 21.1. The van der Waals surface area contributed by atoms with Crippen molar-refractivity contribution in [3.05, 3.63) is 60.0 Å². The minimum absolute atomic E-state index is 0.388. The van der Waals surface area contributed by atoms with Crippen LogP contribution in [0.3, 0.4) is 0 Å². The number of benzene rings is 2. The van der Waals surface area contributed by atoms with E-state index in [1.54, 1.807) is 24.3 Å². The number of anilines is 3. The molecule has 152 valence electrons. The Labute approximate surface area is 178 Å². The third-order valence-electron chi connectivity index (χ3n) is 4.35. The van der Waals surface area contributed by atoms with Crippen molar-refractivity contribution < 1.29 is 9.18 Å². The summed E-state index contributed by atoms with van der Waals surface area (Å²) in [6.45, 7) is 3.19. The summed E-state index contributed by atoms with van der Waals surface area (Å²) in [7, 11) is 0. The molecule has 29 heavy (non-hydrogen) atoms. The molecule has 0 aliphatic heterocycles. The van der Waals surface area contributed by atoms with Gasteiger partial charge in [0.2, 0.25) is 0 Å². The van der Waals surface area contributed by atoms with Crippen LogP contribution in [0.25, 0.3) is 10.9 Å². The summed E-state index contributed by atoms with van der Waals surface area (Å²) in [5.41, 5.74) is 3.44. The van der Waals surface area contributed by atoms with Gasteiger partial charge in [-0.15, -0.1) is 23.2 Å². The van der Waals surface area contributed by atoms with E-state index in [1.807, 2.05) is 19.1 Å². The summed E-state index contributed by atoms with van der Waals surface area (Å²) >= 11 is 11.7. The molecule has 0 radical (unpaired) electrons. The standard InChI is InChI=1S/C21H21Cl2FN4O/c1-14-12-20(18-13-15(24)2-7-19(18)25-14)27-21(29)26-16-3-5-17(6-4-16)28(10-8-22)11-9-23/h2-7,12-13H,8-11H2,1H3,(H2,25,26,27,29). The highest BCUT2D eigenvalue weighted by Gasteiger charge is 2.10. The molecule has 0 saturated heterocycles. The van der Waals surface area contributed by atoms with Gasteiger partial charge in [0.05, 0.1) is 11.2 Å². The van der Waals surface area contributed by atoms with Gasteiger partial charge in [0, 0.05) is 47.3 Å². The second-order valence-corrected chi connectivity index (χ2v) is 7.22. The third kappa shape index (κ3) is 5.49. The highest BCUT2D eigenvalue weighted by Crippen LogP contribution is 2.25. The van der Waals surface area contributed by atoms with Crippen LogP contribution in [0.1, 0.15) is 5.69 Å². The number of rotatable bonds is 7. The number of hydrogen-bond donors (Lipinski definition) is 2. The van der Waals surface area contributed by atoms with Gasteiger partial charge in [0.1, 0.15) is 5.82 Å². The van der Waals surface area contributed by atoms with E-state index in [1.165, 1.54) is 12.1 Å². The van der Waals surface area contributed by atoms with Crippen molar-refractivity contribution >= 4 is 57.2 Å². The van der Waals surface area contributed by atoms with Crippen molar-refractivity contribution in [1.82, 2.24) is 4.98 Å². The summed E-state index contributed by atoms with van der Waals surface area (Å²) in [6, 6.07) is 13.0. The van der Waals surface area contributed by atoms with Gasteiger partial charge in [0.25, 0.3) is 0 Å². The average molecular weight is 435 g/mol. The number of halogens is 3. The van der Waals surface area contributed by atoms with Crippen molar-refractivity contribution in [2.75, 3.05) is 40.4 Å². The molecule has 0 spiro atoms. The fraction of sp³-hybridized carbons (Fsp3) is 0.238. The van der Waals surface area contributed by atoms with Crippen LogP contribution >= 0.6 is 23.2 Å². The van der Waals surface area contributed by atoms with Gasteiger partial charge in [-0.05, 0) is 55.5 Å². The number of aromatic nitrogens is 1. The number of aryl methyl sites for hydroxylation is 1. The Morgan fingerprint density at radius 2 is 1.72 bits per heavy atom. The van der Waals surface area contributed by atoms with E-state index in [-0.39, 0.29) is 5.82 Å². The zero-order valence-corrected chi connectivity index (χ0v) is 17.4. The van der Waals surface area contributed by atoms with Crippen LogP contribution in [0.5, 0.6) is 0 Å². The maximum atomic E-state index is 13.6. The number of alkyl halides is 2. The molecule has 0 atom stereocenters. The number of fused-ring (bicyclic) bond motifs is 1. The summed E-state index contributed by atoms with van der Waals surface area (Å²) in [5, 5.41) is 6.10. The number of urea groups is 1. The fourth-order valence-corrected chi connectivity index (χ4v) is 3.46. The Bertz CT molecular complexity index is 992. The largest absolute Gasteiger partial charge is 0.369 e. The maximum absolute atomic E-state index is 13.6. The van der Waals surface area contributed by atoms with Gasteiger partial charge in [-0.3, -0.25) is 4.98 Å². The van der Waals surface area contributed by atoms with Crippen LogP contribution in [0.2, 0.25) is 0 Å². The van der Waals surface area contributed by atoms with Crippen LogP contribution in [-0.4, -0.2) is 35.9 Å². The quantitative estimate of drug-likeness (QED) is 0.475. The lowest BCUT2D eigenvalue weighted by atomic mass is 10.1. The van der Waals surface area contributed by atoms with Crippen molar-refractivity contribution in [3.63, 3.8) is 0 Å². The topological polar surface area (TPSA) is 57.3 Å². The minimum Gasteiger partial charge on any atom is -0.369 e. The minimum atomic E-state index is -0.424. The second kappa shape index (κ2) is 9.76. The predicted octanol–water partition coefficient (Wildman–Crippen LogP) is 5.61. The second-order valence-electron chi connectivity index (χ2n) is 6.46. The number of nitrogens with one attached hydrogen (secondary N) is 2. The van der Waals surface area contributed by atoms with E-state index < -0.39 is 6.03 Å². The molecule has 3 aromatic rings. The Morgan fingerprint density at radius 1 is 1.03 bits per heavy atom. The van der Waals surface area contributed by atoms with E-state index in [4.69, 9.17) is 23.2 Å². The van der Waals surface area contributed by atoms with Crippen LogP contribution in [0.4, 0.5) is 26.2 Å². The molecule has 0 aliphatic rings. The molecule has 8 heteroatoms. The van der Waals surface area contributed by atoms with Crippen molar-refractivity contribution in [2.45, 2.75) is 6.92 Å². The number of carbonyl (C=O) groups excluding carboxylic acids is 1. The molecule has 0 fully saturated rings. The van der Waals surface area contributed by atoms with E-state index in [9.17, 15) is 9.18 Å². The lowest BCUT2D eigenvalue weighted by Crippen LogP contribution is -2.27. The lowest BCUT2D eigenvalue weighted by molar-refractivity contribution is 0.262. The Morgan fingerprint density at radius 3 is 2.38 bits per heavy atom. The average Bonchev–Trinajstić information content (AvgIpc) is 2.69. The molecule has 5 nitrogen and oxygen atoms in total. The predicted molar refractivity (Wildman–Crippen MR) is 119 cm³/mol. The number of pyridine rings is 1. The SMILES string of the molecule is Cc1cc(NC(=O)Nc2ccc(N(CCCl)CCCl)cc2)c2cc(F)ccc2n1. The Kier molecular flexibility index (Phi) is 7.12. The summed E-state index contributed by atoms with van der Waals surface area (Å²) in [6.07, 6.45) is 0. The number of hydrogen-bond acceptors (Lipinski definition) is 3. The molecule has 2 N–H and O–H groups in total. The summed E-state index contributed by atoms with van der Waals surface area (Å²) in [5.74, 6) is 0.610. The van der Waals surface area contributed by atoms with Crippen LogP contribution < -0.4 is 15.5 Å². The van der Waals surface area contributed by atoms with Gasteiger partial charge in [-0.2, -0.15) is 0 Å². The summed E-state index contributed by atoms with van der Waals surface area (Å²) in [4.78, 5) is 18.9. The van der Waals surface area contributed by atoms with Crippen LogP contribution in [-0.2, 0) is 0 Å². The molecule has 0 saturated carbocycles. The molecular weight excluding hydrogens is 414 g/mol. The number of carbonyl (C=O) groups is 1. The first-order valence-corrected chi connectivity index (χ1v) is 10.2. The Balaban J connectivity index is 1.73. The Hall–Kier alpha value is -2.57. The first-order valence-electron chi connectivity index (χ1n) is 9.12. The molecular formula is C21H21Cl2FN4O. The molecule has 0 bridgehead atoms. The van der Waals surface area contributed by atoms with E-state index in [0.29, 0.717) is 47.1 Å². The van der Waals surface area contributed by atoms with Gasteiger partial charge >= 0.3 is 6.03 Å². The highest BCUT2D eigenvalue weighted by atomic mass is 35.5. The molecule has 1 heterocycles.